The normalized spacial score (nSPS) is 13.0. The second kappa shape index (κ2) is 12.7. The predicted molar refractivity (Wildman–Crippen MR) is 147 cm³/mol. The molecule has 0 aliphatic rings. The summed E-state index contributed by atoms with van der Waals surface area (Å²) in [5, 5.41) is 0.283. The molecule has 0 saturated heterocycles. The molecule has 0 N–H and O–H groups in total. The van der Waals surface area contributed by atoms with Crippen LogP contribution < -0.4 is 4.31 Å². The molecule has 3 rings (SSSR count). The van der Waals surface area contributed by atoms with Crippen LogP contribution in [0.4, 0.5) is 18.9 Å². The van der Waals surface area contributed by atoms with Crippen LogP contribution in [0.3, 0.4) is 0 Å². The first-order chi connectivity index (χ1) is 18.3. The lowest BCUT2D eigenvalue weighted by Gasteiger charge is -2.32. The lowest BCUT2D eigenvalue weighted by molar-refractivity contribution is 0.444. The minimum atomic E-state index is -4.47. The Morgan fingerprint density at radius 3 is 2.05 bits per heavy atom. The fourth-order valence-corrected chi connectivity index (χ4v) is 7.75. The summed E-state index contributed by atoms with van der Waals surface area (Å²) < 4.78 is 98.5. The van der Waals surface area contributed by atoms with Crippen molar-refractivity contribution < 1.29 is 30.0 Å². The summed E-state index contributed by atoms with van der Waals surface area (Å²) in [5.41, 5.74) is 0.139. The van der Waals surface area contributed by atoms with Gasteiger partial charge in [0.15, 0.2) is 0 Å². The Bertz CT molecular complexity index is 1510. The van der Waals surface area contributed by atoms with E-state index in [1.807, 2.05) is 0 Å². The van der Waals surface area contributed by atoms with Gasteiger partial charge >= 0.3 is 0 Å². The van der Waals surface area contributed by atoms with E-state index in [-0.39, 0.29) is 28.5 Å². The molecule has 1 atom stereocenters. The van der Waals surface area contributed by atoms with Crippen LogP contribution >= 0.6 is 11.6 Å². The molecule has 0 fully saturated rings. The summed E-state index contributed by atoms with van der Waals surface area (Å²) in [6.07, 6.45) is 0.249. The van der Waals surface area contributed by atoms with E-state index in [2.05, 4.69) is 0 Å². The van der Waals surface area contributed by atoms with Gasteiger partial charge in [0.05, 0.1) is 22.4 Å². The molecule has 6 nitrogen and oxygen atoms in total. The number of hydrogen-bond donors (Lipinski definition) is 0. The highest BCUT2D eigenvalue weighted by molar-refractivity contribution is 7.92. The highest BCUT2D eigenvalue weighted by Crippen LogP contribution is 2.37. The zero-order chi connectivity index (χ0) is 29.0. The van der Waals surface area contributed by atoms with E-state index in [0.29, 0.717) is 24.2 Å². The standard InChI is InChI=1S/C27H30ClF3N2O4S2/c1-4-32(5-2)38(34,35)16-6-7-20-17-22(29)10-14-25(20)19(3)33(27-18-23(30)11-15-26(27)31)39(36,37)24-12-8-21(28)9-13-24/h8-15,17-19H,4-7,16H2,1-3H3/t19-/m1/s1. The maximum absolute atomic E-state index is 15.0. The molecule has 212 valence electrons. The average Bonchev–Trinajstić information content (AvgIpc) is 2.87. The van der Waals surface area contributed by atoms with Crippen LogP contribution in [0, 0.1) is 17.5 Å². The molecule has 0 spiro atoms. The Morgan fingerprint density at radius 1 is 0.846 bits per heavy atom. The second-order valence-electron chi connectivity index (χ2n) is 8.87. The van der Waals surface area contributed by atoms with Crippen LogP contribution in [0.15, 0.2) is 65.6 Å². The molecule has 12 heteroatoms. The SMILES string of the molecule is CCN(CC)S(=O)(=O)CCCc1cc(F)ccc1[C@@H](C)N(c1cc(F)ccc1F)S(=O)(=O)c1ccc(Cl)cc1. The van der Waals surface area contributed by atoms with Crippen molar-refractivity contribution in [2.24, 2.45) is 0 Å². The van der Waals surface area contributed by atoms with Crippen molar-refractivity contribution in [3.63, 3.8) is 0 Å². The number of rotatable bonds is 12. The zero-order valence-corrected chi connectivity index (χ0v) is 24.1. The number of sulfonamides is 2. The maximum Gasteiger partial charge on any atom is 0.264 e. The van der Waals surface area contributed by atoms with E-state index in [9.17, 15) is 25.6 Å². The van der Waals surface area contributed by atoms with Crippen LogP contribution in [-0.2, 0) is 26.5 Å². The van der Waals surface area contributed by atoms with Gasteiger partial charge in [-0.1, -0.05) is 31.5 Å². The van der Waals surface area contributed by atoms with Gasteiger partial charge in [-0.3, -0.25) is 4.31 Å². The van der Waals surface area contributed by atoms with Crippen LogP contribution in [0.1, 0.15) is 44.4 Å². The smallest absolute Gasteiger partial charge is 0.256 e. The number of hydrogen-bond acceptors (Lipinski definition) is 4. The molecule has 0 heterocycles. The molecule has 0 radical (unpaired) electrons. The van der Waals surface area contributed by atoms with E-state index in [0.717, 1.165) is 28.6 Å². The van der Waals surface area contributed by atoms with Gasteiger partial charge in [0.2, 0.25) is 10.0 Å². The van der Waals surface area contributed by atoms with Crippen molar-refractivity contribution in [1.82, 2.24) is 4.31 Å². The molecule has 0 aromatic heterocycles. The Kier molecular flexibility index (Phi) is 10.1. The lowest BCUT2D eigenvalue weighted by Crippen LogP contribution is -2.35. The van der Waals surface area contributed by atoms with Crippen molar-refractivity contribution in [3.05, 3.63) is 94.3 Å². The van der Waals surface area contributed by atoms with E-state index in [4.69, 9.17) is 11.6 Å². The molecule has 3 aromatic rings. The minimum absolute atomic E-state index is 0.110. The highest BCUT2D eigenvalue weighted by Gasteiger charge is 2.34. The fourth-order valence-electron chi connectivity index (χ4n) is 4.44. The van der Waals surface area contributed by atoms with Crippen molar-refractivity contribution >= 4 is 37.3 Å². The number of benzene rings is 3. The quantitative estimate of drug-likeness (QED) is 0.243. The Labute approximate surface area is 233 Å². The van der Waals surface area contributed by atoms with Crippen LogP contribution in [0.2, 0.25) is 5.02 Å². The van der Waals surface area contributed by atoms with Gasteiger partial charge < -0.3 is 0 Å². The zero-order valence-electron chi connectivity index (χ0n) is 21.7. The first-order valence-corrected chi connectivity index (χ1v) is 15.8. The Balaban J connectivity index is 2.08. The molecule has 0 aliphatic carbocycles. The van der Waals surface area contributed by atoms with Gasteiger partial charge in [-0.25, -0.2) is 34.3 Å². The summed E-state index contributed by atoms with van der Waals surface area (Å²) in [6, 6.07) is 10.3. The van der Waals surface area contributed by atoms with Crippen molar-refractivity contribution in [2.75, 3.05) is 23.1 Å². The number of aryl methyl sites for hydroxylation is 1. The van der Waals surface area contributed by atoms with Gasteiger partial charge in [-0.05, 0) is 79.4 Å². The third-order valence-corrected chi connectivity index (χ3v) is 10.6. The van der Waals surface area contributed by atoms with Crippen molar-refractivity contribution in [1.29, 1.82) is 0 Å². The summed E-state index contributed by atoms with van der Waals surface area (Å²) in [4.78, 5) is -0.212. The Morgan fingerprint density at radius 2 is 1.44 bits per heavy atom. The van der Waals surface area contributed by atoms with Gasteiger partial charge in [0.25, 0.3) is 10.0 Å². The lowest BCUT2D eigenvalue weighted by atomic mass is 9.97. The highest BCUT2D eigenvalue weighted by atomic mass is 35.5. The summed E-state index contributed by atoms with van der Waals surface area (Å²) in [6.45, 7) is 5.57. The molecule has 0 bridgehead atoms. The monoisotopic (exact) mass is 602 g/mol. The van der Waals surface area contributed by atoms with Gasteiger partial charge in [0.1, 0.15) is 17.5 Å². The first-order valence-electron chi connectivity index (χ1n) is 12.3. The molecule has 0 saturated carbocycles. The third kappa shape index (κ3) is 7.13. The van der Waals surface area contributed by atoms with Crippen LogP contribution in [0.5, 0.6) is 0 Å². The molecular weight excluding hydrogens is 573 g/mol. The van der Waals surface area contributed by atoms with Gasteiger partial charge in [-0.15, -0.1) is 0 Å². The third-order valence-electron chi connectivity index (χ3n) is 6.37. The molecule has 0 amide bonds. The first kappa shape index (κ1) is 30.9. The Hall–Kier alpha value is -2.60. The van der Waals surface area contributed by atoms with Gasteiger partial charge in [0, 0.05) is 24.2 Å². The summed E-state index contributed by atoms with van der Waals surface area (Å²) >= 11 is 5.92. The summed E-state index contributed by atoms with van der Waals surface area (Å²) in [5.74, 6) is -2.62. The minimum Gasteiger partial charge on any atom is -0.256 e. The predicted octanol–water partition coefficient (Wildman–Crippen LogP) is 6.32. The second-order valence-corrected chi connectivity index (χ2v) is 13.2. The topological polar surface area (TPSA) is 74.8 Å². The fraction of sp³-hybridized carbons (Fsp3) is 0.333. The number of nitrogens with zero attached hydrogens (tertiary/aromatic N) is 2. The van der Waals surface area contributed by atoms with Gasteiger partial charge in [-0.2, -0.15) is 0 Å². The average molecular weight is 603 g/mol. The van der Waals surface area contributed by atoms with E-state index < -0.39 is 49.2 Å². The molecule has 0 aliphatic heterocycles. The van der Waals surface area contributed by atoms with E-state index >= 15 is 4.39 Å². The van der Waals surface area contributed by atoms with Crippen LogP contribution in [-0.4, -0.2) is 40.0 Å². The van der Waals surface area contributed by atoms with E-state index in [1.165, 1.54) is 47.6 Å². The number of anilines is 1. The largest absolute Gasteiger partial charge is 0.264 e. The molecular formula is C27H30ClF3N2O4S2. The van der Waals surface area contributed by atoms with Crippen molar-refractivity contribution in [3.8, 4) is 0 Å². The van der Waals surface area contributed by atoms with Crippen molar-refractivity contribution in [2.45, 2.75) is 44.6 Å². The van der Waals surface area contributed by atoms with E-state index in [1.54, 1.807) is 13.8 Å². The summed E-state index contributed by atoms with van der Waals surface area (Å²) in [7, 11) is -8.01. The maximum atomic E-state index is 15.0. The number of halogens is 4. The molecule has 3 aromatic carbocycles. The molecule has 39 heavy (non-hydrogen) atoms. The van der Waals surface area contributed by atoms with Crippen LogP contribution in [0.25, 0.3) is 0 Å². The molecule has 0 unspecified atom stereocenters.